The lowest BCUT2D eigenvalue weighted by molar-refractivity contribution is -0.0000705. The molecule has 0 aliphatic carbocycles. The summed E-state index contributed by atoms with van der Waals surface area (Å²) in [6.45, 7) is 9.75. The molecule has 2 aliphatic rings. The second-order valence-corrected chi connectivity index (χ2v) is 7.94. The topological polar surface area (TPSA) is 54.9 Å². The molecule has 1 atom stereocenters. The second kappa shape index (κ2) is 7.53. The number of ether oxygens (including phenoxy) is 2. The molecule has 4 rings (SSSR count). The van der Waals surface area contributed by atoms with Gasteiger partial charge in [-0.15, -0.1) is 0 Å². The fourth-order valence-corrected chi connectivity index (χ4v) is 3.92. The van der Waals surface area contributed by atoms with Crippen molar-refractivity contribution >= 4 is 11.8 Å². The van der Waals surface area contributed by atoms with Gasteiger partial charge in [-0.1, -0.05) is 18.2 Å². The van der Waals surface area contributed by atoms with Crippen LogP contribution in [-0.2, 0) is 15.1 Å². The summed E-state index contributed by atoms with van der Waals surface area (Å²) in [6.07, 6.45) is 1.49. The van der Waals surface area contributed by atoms with E-state index in [0.29, 0.717) is 12.6 Å². The number of nitrogens with zero attached hydrogens (tertiary/aromatic N) is 3. The molecule has 6 nitrogen and oxygen atoms in total. The predicted molar refractivity (Wildman–Crippen MR) is 108 cm³/mol. The maximum Gasteiger partial charge on any atom is 0.415 e. The quantitative estimate of drug-likeness (QED) is 0.809. The van der Waals surface area contributed by atoms with E-state index in [-0.39, 0.29) is 6.09 Å². The number of pyridine rings is 1. The second-order valence-electron chi connectivity index (χ2n) is 7.94. The molecule has 1 unspecified atom stereocenters. The lowest BCUT2D eigenvalue weighted by atomic mass is 9.92. The highest BCUT2D eigenvalue weighted by Gasteiger charge is 2.38. The van der Waals surface area contributed by atoms with Gasteiger partial charge >= 0.3 is 6.09 Å². The van der Waals surface area contributed by atoms with Crippen LogP contribution in [0.1, 0.15) is 26.3 Å². The van der Waals surface area contributed by atoms with Crippen molar-refractivity contribution < 1.29 is 14.3 Å². The van der Waals surface area contributed by atoms with E-state index in [9.17, 15) is 4.79 Å². The van der Waals surface area contributed by atoms with Crippen molar-refractivity contribution in [2.75, 3.05) is 37.7 Å². The van der Waals surface area contributed by atoms with E-state index in [1.165, 1.54) is 0 Å². The maximum atomic E-state index is 12.8. The average Bonchev–Trinajstić information content (AvgIpc) is 2.69. The number of amides is 1. The fourth-order valence-electron chi connectivity index (χ4n) is 3.92. The van der Waals surface area contributed by atoms with Crippen molar-refractivity contribution in [1.29, 1.82) is 0 Å². The van der Waals surface area contributed by atoms with Crippen molar-refractivity contribution in [3.8, 4) is 11.3 Å². The maximum absolute atomic E-state index is 12.8. The summed E-state index contributed by atoms with van der Waals surface area (Å²) in [5.41, 5.74) is 3.16. The first-order chi connectivity index (χ1) is 13.5. The number of fused-ring (bicyclic) bond motifs is 1. The van der Waals surface area contributed by atoms with Gasteiger partial charge in [0.05, 0.1) is 24.6 Å². The minimum Gasteiger partial charge on any atom is -0.438 e. The van der Waals surface area contributed by atoms with Crippen molar-refractivity contribution in [3.05, 3.63) is 48.2 Å². The smallest absolute Gasteiger partial charge is 0.415 e. The van der Waals surface area contributed by atoms with Crippen LogP contribution in [0.5, 0.6) is 0 Å². The zero-order chi connectivity index (χ0) is 19.7. The summed E-state index contributed by atoms with van der Waals surface area (Å²) in [4.78, 5) is 21.4. The van der Waals surface area contributed by atoms with Gasteiger partial charge in [-0.3, -0.25) is 14.8 Å². The molecule has 1 aromatic heterocycles. The molecule has 3 heterocycles. The van der Waals surface area contributed by atoms with Crippen LogP contribution in [0, 0.1) is 0 Å². The molecule has 0 N–H and O–H groups in total. The van der Waals surface area contributed by atoms with Gasteiger partial charge in [0.1, 0.15) is 5.60 Å². The SMILES string of the molecule is CC1COCCN1CCN1C(=O)OC(C)(C)c2ccc(-c3ccccn3)cc21. The molecule has 1 aromatic carbocycles. The molecule has 6 heteroatoms. The van der Waals surface area contributed by atoms with Crippen LogP contribution in [-0.4, -0.2) is 54.9 Å². The van der Waals surface area contributed by atoms with Gasteiger partial charge in [-0.2, -0.15) is 0 Å². The Morgan fingerprint density at radius 2 is 2.07 bits per heavy atom. The normalized spacial score (nSPS) is 21.9. The van der Waals surface area contributed by atoms with Crippen LogP contribution in [0.4, 0.5) is 10.5 Å². The molecule has 2 aliphatic heterocycles. The summed E-state index contributed by atoms with van der Waals surface area (Å²) in [5, 5.41) is 0. The van der Waals surface area contributed by atoms with E-state index in [0.717, 1.165) is 48.8 Å². The molecule has 28 heavy (non-hydrogen) atoms. The summed E-state index contributed by atoms with van der Waals surface area (Å²) >= 11 is 0. The van der Waals surface area contributed by atoms with Gasteiger partial charge in [0.2, 0.25) is 0 Å². The van der Waals surface area contributed by atoms with Crippen LogP contribution in [0.15, 0.2) is 42.6 Å². The summed E-state index contributed by atoms with van der Waals surface area (Å²) in [7, 11) is 0. The highest BCUT2D eigenvalue weighted by atomic mass is 16.6. The predicted octanol–water partition coefficient (Wildman–Crippen LogP) is 3.66. The van der Waals surface area contributed by atoms with E-state index >= 15 is 0 Å². The Morgan fingerprint density at radius 3 is 2.82 bits per heavy atom. The molecule has 2 aromatic rings. The van der Waals surface area contributed by atoms with Crippen molar-refractivity contribution in [1.82, 2.24) is 9.88 Å². The molecule has 0 saturated carbocycles. The number of rotatable bonds is 4. The van der Waals surface area contributed by atoms with Crippen LogP contribution in [0.25, 0.3) is 11.3 Å². The van der Waals surface area contributed by atoms with Crippen molar-refractivity contribution in [2.24, 2.45) is 0 Å². The highest BCUT2D eigenvalue weighted by Crippen LogP contribution is 2.40. The summed E-state index contributed by atoms with van der Waals surface area (Å²) in [5.74, 6) is 0. The largest absolute Gasteiger partial charge is 0.438 e. The number of cyclic esters (lactones) is 1. The minimum atomic E-state index is -0.655. The van der Waals surface area contributed by atoms with Crippen LogP contribution >= 0.6 is 0 Å². The number of hydrogen-bond acceptors (Lipinski definition) is 5. The minimum absolute atomic E-state index is 0.295. The first-order valence-electron chi connectivity index (χ1n) is 9.84. The molecule has 0 spiro atoms. The summed E-state index contributed by atoms with van der Waals surface area (Å²) < 4.78 is 11.3. The Kier molecular flexibility index (Phi) is 5.08. The van der Waals surface area contributed by atoms with Gasteiger partial charge in [-0.05, 0) is 39.0 Å². The molecular formula is C22H27N3O3. The zero-order valence-electron chi connectivity index (χ0n) is 16.7. The third-order valence-electron chi connectivity index (χ3n) is 5.58. The standard InChI is InChI=1S/C22H27N3O3/c1-16-15-27-13-12-24(16)10-11-25-20-14-17(19-6-4-5-9-23-19)7-8-18(20)22(2,3)28-21(25)26/h4-9,14,16H,10-13,15H2,1-3H3. The molecule has 0 radical (unpaired) electrons. The Balaban J connectivity index is 1.65. The summed E-state index contributed by atoms with van der Waals surface area (Å²) in [6, 6.07) is 12.4. The Hall–Kier alpha value is -2.44. The van der Waals surface area contributed by atoms with E-state index in [1.807, 2.05) is 38.1 Å². The highest BCUT2D eigenvalue weighted by molar-refractivity contribution is 5.92. The number of morpholine rings is 1. The first kappa shape index (κ1) is 18.9. The number of carbonyl (C=O) groups excluding carboxylic acids is 1. The van der Waals surface area contributed by atoms with E-state index in [4.69, 9.17) is 9.47 Å². The fraction of sp³-hybridized carbons (Fsp3) is 0.455. The third kappa shape index (κ3) is 3.62. The Morgan fingerprint density at radius 1 is 1.21 bits per heavy atom. The van der Waals surface area contributed by atoms with Crippen LogP contribution in [0.3, 0.4) is 0 Å². The lowest BCUT2D eigenvalue weighted by Gasteiger charge is -2.40. The van der Waals surface area contributed by atoms with Gasteiger partial charge in [0, 0.05) is 43.0 Å². The van der Waals surface area contributed by atoms with Gasteiger partial charge in [0.15, 0.2) is 0 Å². The number of benzene rings is 1. The van der Waals surface area contributed by atoms with Gasteiger partial charge in [-0.25, -0.2) is 4.79 Å². The Labute approximate surface area is 166 Å². The van der Waals surface area contributed by atoms with E-state index in [1.54, 1.807) is 11.1 Å². The molecular weight excluding hydrogens is 354 g/mol. The number of hydrogen-bond donors (Lipinski definition) is 0. The van der Waals surface area contributed by atoms with Gasteiger partial charge < -0.3 is 9.47 Å². The van der Waals surface area contributed by atoms with E-state index in [2.05, 4.69) is 28.9 Å². The van der Waals surface area contributed by atoms with Crippen LogP contribution in [0.2, 0.25) is 0 Å². The first-order valence-corrected chi connectivity index (χ1v) is 9.84. The third-order valence-corrected chi connectivity index (χ3v) is 5.58. The zero-order valence-corrected chi connectivity index (χ0v) is 16.7. The van der Waals surface area contributed by atoms with Crippen molar-refractivity contribution in [3.63, 3.8) is 0 Å². The number of aromatic nitrogens is 1. The molecule has 0 bridgehead atoms. The average molecular weight is 381 g/mol. The van der Waals surface area contributed by atoms with Crippen LogP contribution < -0.4 is 4.90 Å². The molecule has 148 valence electrons. The van der Waals surface area contributed by atoms with Gasteiger partial charge in [0.25, 0.3) is 0 Å². The lowest BCUT2D eigenvalue weighted by Crippen LogP contribution is -2.50. The molecule has 1 fully saturated rings. The molecule has 1 saturated heterocycles. The van der Waals surface area contributed by atoms with Crippen molar-refractivity contribution in [2.45, 2.75) is 32.4 Å². The monoisotopic (exact) mass is 381 g/mol. The van der Waals surface area contributed by atoms with E-state index < -0.39 is 5.60 Å². The molecule has 1 amide bonds. The number of carbonyl (C=O) groups is 1. The number of anilines is 1. The Bertz CT molecular complexity index is 853.